The van der Waals surface area contributed by atoms with Gasteiger partial charge >= 0.3 is 11.9 Å². The minimum absolute atomic E-state index is 0.153. The topological polar surface area (TPSA) is 95.7 Å². The Bertz CT molecular complexity index is 1310. The highest BCUT2D eigenvalue weighted by Crippen LogP contribution is 2.38. The van der Waals surface area contributed by atoms with Crippen molar-refractivity contribution in [1.29, 1.82) is 0 Å². The zero-order valence-corrected chi connectivity index (χ0v) is 18.4. The van der Waals surface area contributed by atoms with E-state index in [-0.39, 0.29) is 11.5 Å². The number of aromatic nitrogens is 2. The second-order valence-corrected chi connectivity index (χ2v) is 9.39. The summed E-state index contributed by atoms with van der Waals surface area (Å²) in [6.45, 7) is 1.28. The van der Waals surface area contributed by atoms with Crippen molar-refractivity contribution in [2.75, 3.05) is 13.1 Å². The van der Waals surface area contributed by atoms with Gasteiger partial charge < -0.3 is 14.8 Å². The largest absolute Gasteiger partial charge is 0.480 e. The van der Waals surface area contributed by atoms with Crippen LogP contribution in [0, 0.1) is 0 Å². The minimum atomic E-state index is -1.03. The molecule has 1 fully saturated rings. The van der Waals surface area contributed by atoms with E-state index in [0.29, 0.717) is 24.0 Å². The van der Waals surface area contributed by atoms with Gasteiger partial charge in [-0.15, -0.1) is 11.3 Å². The molecule has 1 aliphatic rings. The van der Waals surface area contributed by atoms with Crippen LogP contribution < -0.4 is 0 Å². The quantitative estimate of drug-likeness (QED) is 0.466. The van der Waals surface area contributed by atoms with Gasteiger partial charge in [-0.25, -0.2) is 9.78 Å². The van der Waals surface area contributed by atoms with Gasteiger partial charge in [0.05, 0.1) is 20.8 Å². The van der Waals surface area contributed by atoms with Gasteiger partial charge in [0.25, 0.3) is 0 Å². The van der Waals surface area contributed by atoms with Gasteiger partial charge in [0.1, 0.15) is 6.04 Å². The van der Waals surface area contributed by atoms with Crippen molar-refractivity contribution in [1.82, 2.24) is 14.5 Å². The number of nitrogens with zero attached hydrogens (tertiary/aromatic N) is 3. The van der Waals surface area contributed by atoms with Crippen LogP contribution in [-0.2, 0) is 11.8 Å². The standard InChI is InChI=1S/C24H23N3O4S/c1-26-13-17(16-11-14(23(28)29)8-9-19(16)26)21(24(30)31)27-10-4-5-15(12-27)22-25-18-6-2-3-7-20(18)32-22/h2-3,6-9,11,13,15,21H,4-5,10,12H2,1H3,(H,28,29)(H,30,31)/t15-,21-/m0/s1. The molecule has 2 aromatic carbocycles. The van der Waals surface area contributed by atoms with Gasteiger partial charge in [0, 0.05) is 42.2 Å². The predicted octanol–water partition coefficient (Wildman–Crippen LogP) is 4.49. The number of aryl methyl sites for hydroxylation is 1. The zero-order valence-electron chi connectivity index (χ0n) is 17.6. The lowest BCUT2D eigenvalue weighted by Crippen LogP contribution is -2.40. The second-order valence-electron chi connectivity index (χ2n) is 8.33. The fourth-order valence-electron chi connectivity index (χ4n) is 4.77. The van der Waals surface area contributed by atoms with Crippen LogP contribution in [0.1, 0.15) is 45.7 Å². The highest BCUT2D eigenvalue weighted by molar-refractivity contribution is 7.18. The second kappa shape index (κ2) is 8.03. The molecule has 3 heterocycles. The van der Waals surface area contributed by atoms with Gasteiger partial charge in [-0.2, -0.15) is 0 Å². The Morgan fingerprint density at radius 1 is 1.19 bits per heavy atom. The van der Waals surface area contributed by atoms with Crippen LogP contribution in [0.4, 0.5) is 0 Å². The van der Waals surface area contributed by atoms with Crippen molar-refractivity contribution in [3.8, 4) is 0 Å². The molecular weight excluding hydrogens is 426 g/mol. The normalized spacial score (nSPS) is 18.2. The molecular formula is C24H23N3O4S. The van der Waals surface area contributed by atoms with E-state index in [1.807, 2.05) is 40.9 Å². The molecule has 0 bridgehead atoms. The number of benzene rings is 2. The maximum atomic E-state index is 12.5. The van der Waals surface area contributed by atoms with Gasteiger partial charge in [0.2, 0.25) is 0 Å². The Kier molecular flexibility index (Phi) is 5.19. The van der Waals surface area contributed by atoms with E-state index in [1.165, 1.54) is 0 Å². The van der Waals surface area contributed by atoms with Crippen molar-refractivity contribution < 1.29 is 19.8 Å². The van der Waals surface area contributed by atoms with Crippen LogP contribution in [0.15, 0.2) is 48.7 Å². The summed E-state index contributed by atoms with van der Waals surface area (Å²) in [7, 11) is 1.85. The number of aromatic carboxylic acids is 1. The molecule has 2 N–H and O–H groups in total. The molecule has 1 saturated heterocycles. The summed E-state index contributed by atoms with van der Waals surface area (Å²) >= 11 is 1.68. The van der Waals surface area contributed by atoms with Gasteiger partial charge in [0.15, 0.2) is 0 Å². The SMILES string of the molecule is Cn1cc([C@@H](C(=O)O)N2CCC[C@H](c3nc4ccccc4s3)C2)c2cc(C(=O)O)ccc21. The zero-order chi connectivity index (χ0) is 22.4. The number of carbonyl (C=O) groups is 2. The summed E-state index contributed by atoms with van der Waals surface area (Å²) in [5.41, 5.74) is 2.58. The molecule has 7 nitrogen and oxygen atoms in total. The smallest absolute Gasteiger partial charge is 0.335 e. The first-order valence-electron chi connectivity index (χ1n) is 10.6. The van der Waals surface area contributed by atoms with E-state index < -0.39 is 18.0 Å². The number of piperidine rings is 1. The predicted molar refractivity (Wildman–Crippen MR) is 123 cm³/mol. The summed E-state index contributed by atoms with van der Waals surface area (Å²) in [4.78, 5) is 30.8. The summed E-state index contributed by atoms with van der Waals surface area (Å²) < 4.78 is 3.01. The lowest BCUT2D eigenvalue weighted by atomic mass is 9.94. The van der Waals surface area contributed by atoms with Crippen LogP contribution in [0.5, 0.6) is 0 Å². The maximum Gasteiger partial charge on any atom is 0.335 e. The molecule has 5 rings (SSSR count). The number of hydrogen-bond acceptors (Lipinski definition) is 5. The molecule has 0 amide bonds. The molecule has 0 saturated carbocycles. The Morgan fingerprint density at radius 2 is 2.00 bits per heavy atom. The number of carboxylic acid groups (broad SMARTS) is 2. The monoisotopic (exact) mass is 449 g/mol. The maximum absolute atomic E-state index is 12.5. The molecule has 8 heteroatoms. The Morgan fingerprint density at radius 3 is 2.75 bits per heavy atom. The van der Waals surface area contributed by atoms with Gasteiger partial charge in [-0.1, -0.05) is 12.1 Å². The Balaban J connectivity index is 1.52. The van der Waals surface area contributed by atoms with Crippen LogP contribution in [0.3, 0.4) is 0 Å². The first-order chi connectivity index (χ1) is 15.4. The van der Waals surface area contributed by atoms with E-state index in [0.717, 1.165) is 33.6 Å². The average Bonchev–Trinajstić information content (AvgIpc) is 3.35. The number of thiazole rings is 1. The summed E-state index contributed by atoms with van der Waals surface area (Å²) in [5, 5.41) is 21.4. The summed E-state index contributed by atoms with van der Waals surface area (Å²) in [5.74, 6) is -1.78. The van der Waals surface area contributed by atoms with Gasteiger partial charge in [-0.3, -0.25) is 9.69 Å². The van der Waals surface area contributed by atoms with E-state index in [1.54, 1.807) is 29.5 Å². The number of likely N-dealkylation sites (tertiary alicyclic amines) is 1. The van der Waals surface area contributed by atoms with E-state index in [2.05, 4.69) is 6.07 Å². The Labute approximate surface area is 188 Å². The van der Waals surface area contributed by atoms with Crippen molar-refractivity contribution in [3.05, 3.63) is 64.8 Å². The fraction of sp³-hybridized carbons (Fsp3) is 0.292. The number of hydrogen-bond donors (Lipinski definition) is 2. The molecule has 32 heavy (non-hydrogen) atoms. The van der Waals surface area contributed by atoms with Crippen molar-refractivity contribution >= 4 is 44.4 Å². The third-order valence-electron chi connectivity index (χ3n) is 6.27. The third kappa shape index (κ3) is 3.55. The van der Waals surface area contributed by atoms with Crippen LogP contribution in [0.2, 0.25) is 0 Å². The highest BCUT2D eigenvalue weighted by Gasteiger charge is 2.35. The number of aliphatic carboxylic acids is 1. The third-order valence-corrected chi connectivity index (χ3v) is 7.47. The van der Waals surface area contributed by atoms with Crippen LogP contribution in [-0.4, -0.2) is 49.7 Å². The number of rotatable bonds is 5. The number of fused-ring (bicyclic) bond motifs is 2. The van der Waals surface area contributed by atoms with E-state index in [9.17, 15) is 19.8 Å². The van der Waals surface area contributed by atoms with Crippen molar-refractivity contribution in [2.45, 2.75) is 24.8 Å². The van der Waals surface area contributed by atoms with E-state index >= 15 is 0 Å². The van der Waals surface area contributed by atoms with Crippen molar-refractivity contribution in [2.24, 2.45) is 7.05 Å². The number of para-hydroxylation sites is 1. The summed E-state index contributed by atoms with van der Waals surface area (Å²) in [6.07, 6.45) is 3.67. The number of carboxylic acids is 2. The van der Waals surface area contributed by atoms with Gasteiger partial charge in [-0.05, 0) is 49.7 Å². The highest BCUT2D eigenvalue weighted by atomic mass is 32.1. The lowest BCUT2D eigenvalue weighted by Gasteiger charge is -2.35. The minimum Gasteiger partial charge on any atom is -0.480 e. The molecule has 0 aliphatic carbocycles. The molecule has 1 aliphatic heterocycles. The summed E-state index contributed by atoms with van der Waals surface area (Å²) in [6, 6.07) is 12.1. The fourth-order valence-corrected chi connectivity index (χ4v) is 5.86. The van der Waals surface area contributed by atoms with E-state index in [4.69, 9.17) is 4.98 Å². The molecule has 164 valence electrons. The first kappa shape index (κ1) is 20.7. The molecule has 0 unspecified atom stereocenters. The molecule has 0 spiro atoms. The van der Waals surface area contributed by atoms with Crippen LogP contribution in [0.25, 0.3) is 21.1 Å². The molecule has 4 aromatic rings. The van der Waals surface area contributed by atoms with Crippen LogP contribution >= 0.6 is 11.3 Å². The molecule has 0 radical (unpaired) electrons. The Hall–Kier alpha value is -3.23. The average molecular weight is 450 g/mol. The lowest BCUT2D eigenvalue weighted by molar-refractivity contribution is -0.144. The van der Waals surface area contributed by atoms with Crippen molar-refractivity contribution in [3.63, 3.8) is 0 Å². The molecule has 2 atom stereocenters. The first-order valence-corrected chi connectivity index (χ1v) is 11.4. The molecule has 2 aromatic heterocycles.